The zero-order chi connectivity index (χ0) is 35.3. The van der Waals surface area contributed by atoms with Gasteiger partial charge >= 0.3 is 6.36 Å². The van der Waals surface area contributed by atoms with Gasteiger partial charge in [-0.25, -0.2) is 0 Å². The fraction of sp³-hybridized carbons (Fsp3) is 0.447. The molecular weight excluding hydrogens is 686 g/mol. The van der Waals surface area contributed by atoms with Gasteiger partial charge in [-0.2, -0.15) is 0 Å². The lowest BCUT2D eigenvalue weighted by atomic mass is 9.83. The fourth-order valence-electron chi connectivity index (χ4n) is 7.17. The summed E-state index contributed by atoms with van der Waals surface area (Å²) in [5.41, 5.74) is 10.6. The third kappa shape index (κ3) is 9.21. The van der Waals surface area contributed by atoms with E-state index in [0.717, 1.165) is 98.2 Å². The van der Waals surface area contributed by atoms with Gasteiger partial charge in [0, 0.05) is 77.4 Å². The van der Waals surface area contributed by atoms with Crippen molar-refractivity contribution in [3.05, 3.63) is 88.0 Å². The van der Waals surface area contributed by atoms with Gasteiger partial charge < -0.3 is 20.4 Å². The Morgan fingerprint density at radius 1 is 0.900 bits per heavy atom. The van der Waals surface area contributed by atoms with E-state index >= 15 is 0 Å². The lowest BCUT2D eigenvalue weighted by Crippen LogP contribution is -2.54. The van der Waals surface area contributed by atoms with Crippen LogP contribution in [-0.4, -0.2) is 71.3 Å². The number of fused-ring (bicyclic) bond motifs is 1. The Balaban J connectivity index is 1.17. The number of nitrogens with zero attached hydrogens (tertiary/aromatic N) is 3. The number of rotatable bonds is 12. The number of nitrogens with one attached hydrogen (secondary N) is 1. The van der Waals surface area contributed by atoms with Crippen molar-refractivity contribution in [1.82, 2.24) is 19.7 Å². The van der Waals surface area contributed by atoms with Crippen LogP contribution < -0.4 is 15.8 Å². The number of aryl methyl sites for hydroxylation is 1. The molecule has 0 amide bonds. The molecule has 0 aliphatic carbocycles. The summed E-state index contributed by atoms with van der Waals surface area (Å²) in [6.07, 6.45) is 1.64. The van der Waals surface area contributed by atoms with Gasteiger partial charge in [0.25, 0.3) is 0 Å². The van der Waals surface area contributed by atoms with Gasteiger partial charge in [0.1, 0.15) is 5.75 Å². The van der Waals surface area contributed by atoms with Crippen molar-refractivity contribution in [1.29, 1.82) is 0 Å². The maximum atomic E-state index is 12.9. The van der Waals surface area contributed by atoms with Gasteiger partial charge in [-0.15, -0.1) is 13.2 Å². The van der Waals surface area contributed by atoms with Gasteiger partial charge in [0.2, 0.25) is 0 Å². The molecule has 2 saturated heterocycles. The molecule has 0 atom stereocenters. The van der Waals surface area contributed by atoms with E-state index in [0.29, 0.717) is 42.4 Å². The number of benzene rings is 3. The molecule has 1 aromatic heterocycles. The molecular formula is C38H44Cl2F3N5O2. The Bertz CT molecular complexity index is 1750. The molecule has 3 heterocycles. The van der Waals surface area contributed by atoms with Gasteiger partial charge in [0.15, 0.2) is 5.78 Å². The average Bonchev–Trinajstić information content (AvgIpc) is 3.28. The number of piperidine rings is 1. The van der Waals surface area contributed by atoms with Crippen LogP contribution in [-0.2, 0) is 24.4 Å². The third-order valence-corrected chi connectivity index (χ3v) is 10.7. The number of carbonyl (C=O) groups excluding carboxylic acids is 1. The maximum absolute atomic E-state index is 12.9. The van der Waals surface area contributed by atoms with Crippen LogP contribution >= 0.6 is 23.2 Å². The molecule has 3 aromatic carbocycles. The first kappa shape index (κ1) is 36.7. The van der Waals surface area contributed by atoms with E-state index in [1.54, 1.807) is 12.1 Å². The molecule has 2 fully saturated rings. The Hall–Kier alpha value is -3.12. The molecule has 0 radical (unpaired) electrons. The van der Waals surface area contributed by atoms with Crippen molar-refractivity contribution >= 4 is 39.9 Å². The number of ether oxygens (including phenoxy) is 1. The second-order valence-electron chi connectivity index (χ2n) is 13.6. The number of Topliss-reactive ketones (excluding diaryl/α,β-unsaturated/α-hetero) is 1. The molecule has 4 aromatic rings. The Labute approximate surface area is 301 Å². The van der Waals surface area contributed by atoms with Crippen LogP contribution in [0.5, 0.6) is 5.75 Å². The van der Waals surface area contributed by atoms with Crippen LogP contribution in [0.1, 0.15) is 49.7 Å². The highest BCUT2D eigenvalue weighted by atomic mass is 35.5. The van der Waals surface area contributed by atoms with Crippen LogP contribution in [0.3, 0.4) is 0 Å². The van der Waals surface area contributed by atoms with E-state index in [2.05, 4.69) is 48.8 Å². The number of unbranched alkanes of at least 4 members (excludes halogenated alkanes) is 1. The Morgan fingerprint density at radius 3 is 2.26 bits per heavy atom. The van der Waals surface area contributed by atoms with Crippen LogP contribution in [0.15, 0.2) is 66.9 Å². The first-order chi connectivity index (χ1) is 24.0. The highest BCUT2D eigenvalue weighted by Gasteiger charge is 2.34. The number of halogens is 5. The zero-order valence-corrected chi connectivity index (χ0v) is 29.6. The van der Waals surface area contributed by atoms with Crippen LogP contribution in [0.25, 0.3) is 22.0 Å². The Kier molecular flexibility index (Phi) is 11.8. The fourth-order valence-corrected chi connectivity index (χ4v) is 7.68. The number of aromatic nitrogens is 1. The van der Waals surface area contributed by atoms with Crippen molar-refractivity contribution in [3.8, 4) is 16.9 Å². The minimum Gasteiger partial charge on any atom is -0.406 e. The molecule has 7 nitrogen and oxygen atoms in total. The summed E-state index contributed by atoms with van der Waals surface area (Å²) in [4.78, 5) is 17.8. The first-order valence-electron chi connectivity index (χ1n) is 17.4. The summed E-state index contributed by atoms with van der Waals surface area (Å²) in [7, 11) is 0. The maximum Gasteiger partial charge on any atom is 0.573 e. The van der Waals surface area contributed by atoms with E-state index in [-0.39, 0.29) is 11.5 Å². The molecule has 3 N–H and O–H groups in total. The van der Waals surface area contributed by atoms with Crippen molar-refractivity contribution in [2.45, 2.75) is 70.1 Å². The van der Waals surface area contributed by atoms with Gasteiger partial charge in [0.05, 0.1) is 5.54 Å². The summed E-state index contributed by atoms with van der Waals surface area (Å²) in [5.74, 6) is -0.124. The number of hydrogen-bond acceptors (Lipinski definition) is 6. The van der Waals surface area contributed by atoms with Crippen LogP contribution in [0.2, 0.25) is 10.0 Å². The smallest absolute Gasteiger partial charge is 0.406 e. The summed E-state index contributed by atoms with van der Waals surface area (Å²) in [6, 6.07) is 18.1. The molecule has 0 bridgehead atoms. The van der Waals surface area contributed by atoms with Gasteiger partial charge in [-0.05, 0) is 106 Å². The Morgan fingerprint density at radius 2 is 1.58 bits per heavy atom. The normalized spacial score (nSPS) is 17.6. The minimum atomic E-state index is -4.75. The lowest BCUT2D eigenvalue weighted by Gasteiger charge is -2.32. The first-order valence-corrected chi connectivity index (χ1v) is 18.1. The largest absolute Gasteiger partial charge is 0.573 e. The van der Waals surface area contributed by atoms with E-state index < -0.39 is 11.9 Å². The van der Waals surface area contributed by atoms with Gasteiger partial charge in [-0.1, -0.05) is 47.5 Å². The molecule has 12 heteroatoms. The number of carbonyl (C=O) groups is 1. The van der Waals surface area contributed by atoms with Crippen LogP contribution in [0.4, 0.5) is 13.2 Å². The predicted molar refractivity (Wildman–Crippen MR) is 194 cm³/mol. The number of nitrogens with two attached hydrogens (primary N) is 1. The summed E-state index contributed by atoms with van der Waals surface area (Å²) in [5, 5.41) is 5.67. The second-order valence-corrected chi connectivity index (χ2v) is 14.4. The van der Waals surface area contributed by atoms with Crippen molar-refractivity contribution < 1.29 is 22.7 Å². The number of ketones is 1. The highest BCUT2D eigenvalue weighted by Crippen LogP contribution is 2.34. The van der Waals surface area contributed by atoms with E-state index in [9.17, 15) is 18.0 Å². The quantitative estimate of drug-likeness (QED) is 0.144. The highest BCUT2D eigenvalue weighted by molar-refractivity contribution is 6.36. The van der Waals surface area contributed by atoms with E-state index in [1.807, 2.05) is 18.2 Å². The lowest BCUT2D eigenvalue weighted by molar-refractivity contribution is -0.274. The SMILES string of the molecule is NC1(C(=O)CCCCn2cc(-c3ccc(OC(F)(F)F)cc3)c3cc(CN4CCCN(Cc5c(Cl)cccc5Cl)CC4)ccc32)CCNCC1. The summed E-state index contributed by atoms with van der Waals surface area (Å²) in [6.45, 7) is 7.41. The number of alkyl halides is 3. The van der Waals surface area contributed by atoms with Crippen molar-refractivity contribution in [2.75, 3.05) is 39.3 Å². The van der Waals surface area contributed by atoms with E-state index in [1.165, 1.54) is 12.1 Å². The monoisotopic (exact) mass is 729 g/mol. The molecule has 2 aliphatic rings. The topological polar surface area (TPSA) is 75.8 Å². The third-order valence-electron chi connectivity index (χ3n) is 9.98. The van der Waals surface area contributed by atoms with Crippen molar-refractivity contribution in [3.63, 3.8) is 0 Å². The summed E-state index contributed by atoms with van der Waals surface area (Å²) < 4.78 is 44.8. The zero-order valence-electron chi connectivity index (χ0n) is 28.1. The minimum absolute atomic E-state index is 0.132. The predicted octanol–water partition coefficient (Wildman–Crippen LogP) is 8.04. The number of hydrogen-bond donors (Lipinski definition) is 2. The molecule has 0 saturated carbocycles. The molecule has 268 valence electrons. The molecule has 50 heavy (non-hydrogen) atoms. The molecule has 6 rings (SSSR count). The summed E-state index contributed by atoms with van der Waals surface area (Å²) >= 11 is 12.9. The average molecular weight is 731 g/mol. The van der Waals surface area contributed by atoms with Crippen LogP contribution in [0, 0.1) is 0 Å². The molecule has 0 unspecified atom stereocenters. The standard InChI is InChI=1S/C38H44Cl2F3N5O2/c39-33-5-3-6-34(40)32(33)25-47-19-4-18-46(21-22-47)24-27-8-13-35-30(23-27)31(28-9-11-29(12-10-28)50-38(41,42)43)26-48(35)20-2-1-7-36(49)37(44)14-16-45-17-15-37/h3,5-6,8-13,23,26,45H,1-2,4,7,14-22,24-25,44H2. The second kappa shape index (κ2) is 16.0. The van der Waals surface area contributed by atoms with E-state index in [4.69, 9.17) is 28.9 Å². The van der Waals surface area contributed by atoms with Gasteiger partial charge in [-0.3, -0.25) is 14.6 Å². The van der Waals surface area contributed by atoms with Crippen molar-refractivity contribution in [2.24, 2.45) is 5.73 Å². The molecule has 2 aliphatic heterocycles. The molecule has 0 spiro atoms.